The van der Waals surface area contributed by atoms with Crippen LogP contribution < -0.4 is 5.73 Å². The summed E-state index contributed by atoms with van der Waals surface area (Å²) in [4.78, 5) is 12.4. The highest BCUT2D eigenvalue weighted by Crippen LogP contribution is 2.29. The molecular weight excluding hydrogens is 215 g/mol. The van der Waals surface area contributed by atoms with Crippen LogP contribution in [0.1, 0.15) is 17.7 Å². The number of hydrogen-bond donors (Lipinski definition) is 1. The fourth-order valence-electron chi connectivity index (χ4n) is 1.12. The van der Waals surface area contributed by atoms with Gasteiger partial charge in [-0.2, -0.15) is 4.39 Å². The Morgan fingerprint density at radius 2 is 2.20 bits per heavy atom. The van der Waals surface area contributed by atoms with Gasteiger partial charge in [0, 0.05) is 6.54 Å². The first kappa shape index (κ1) is 11.4. The third kappa shape index (κ3) is 2.04. The van der Waals surface area contributed by atoms with E-state index in [2.05, 4.69) is 4.98 Å². The van der Waals surface area contributed by atoms with Gasteiger partial charge >= 0.3 is 5.69 Å². The number of pyridine rings is 1. The largest absolute Gasteiger partial charge is 0.326 e. The standard InChI is InChI=1S/C7H6F3N3O2/c8-4-2-12-5(7(9)10)3(1-11)6(4)13(14)15/h2,7H,1,11H2. The van der Waals surface area contributed by atoms with Crippen LogP contribution in [0.25, 0.3) is 0 Å². The Hall–Kier alpha value is -1.70. The lowest BCUT2D eigenvalue weighted by atomic mass is 10.1. The van der Waals surface area contributed by atoms with Crippen molar-refractivity contribution in [3.63, 3.8) is 0 Å². The van der Waals surface area contributed by atoms with Crippen molar-refractivity contribution >= 4 is 5.69 Å². The molecule has 1 aromatic heterocycles. The number of alkyl halides is 2. The number of hydrogen-bond acceptors (Lipinski definition) is 4. The normalized spacial score (nSPS) is 10.7. The van der Waals surface area contributed by atoms with Crippen LogP contribution >= 0.6 is 0 Å². The van der Waals surface area contributed by atoms with E-state index in [0.717, 1.165) is 0 Å². The Bertz CT molecular complexity index is 397. The van der Waals surface area contributed by atoms with E-state index in [9.17, 15) is 23.3 Å². The van der Waals surface area contributed by atoms with Gasteiger partial charge in [0.2, 0.25) is 5.82 Å². The molecule has 0 radical (unpaired) electrons. The highest BCUT2D eigenvalue weighted by Gasteiger charge is 2.27. The zero-order valence-corrected chi connectivity index (χ0v) is 7.28. The summed E-state index contributed by atoms with van der Waals surface area (Å²) in [6.07, 6.45) is -2.64. The molecule has 0 spiro atoms. The molecule has 0 aliphatic rings. The van der Waals surface area contributed by atoms with E-state index in [4.69, 9.17) is 5.73 Å². The first-order valence-corrected chi connectivity index (χ1v) is 3.79. The lowest BCUT2D eigenvalue weighted by Gasteiger charge is -2.06. The van der Waals surface area contributed by atoms with Crippen LogP contribution in [0.2, 0.25) is 0 Å². The Labute approximate surface area is 81.9 Å². The fraction of sp³-hybridized carbons (Fsp3) is 0.286. The highest BCUT2D eigenvalue weighted by atomic mass is 19.3. The molecule has 1 rings (SSSR count). The fourth-order valence-corrected chi connectivity index (χ4v) is 1.12. The minimum atomic E-state index is -3.03. The van der Waals surface area contributed by atoms with Crippen LogP contribution in [-0.4, -0.2) is 9.91 Å². The van der Waals surface area contributed by atoms with Crippen LogP contribution in [0.5, 0.6) is 0 Å². The van der Waals surface area contributed by atoms with Crippen molar-refractivity contribution in [2.24, 2.45) is 5.73 Å². The molecule has 1 aromatic rings. The Morgan fingerprint density at radius 1 is 1.60 bits per heavy atom. The molecule has 0 unspecified atom stereocenters. The van der Waals surface area contributed by atoms with E-state index < -0.39 is 40.7 Å². The minimum absolute atomic E-state index is 0.388. The van der Waals surface area contributed by atoms with Crippen LogP contribution in [0.4, 0.5) is 18.9 Å². The molecule has 0 aliphatic heterocycles. The van der Waals surface area contributed by atoms with Gasteiger partial charge in [0.1, 0.15) is 5.69 Å². The molecule has 1 heterocycles. The molecule has 0 bridgehead atoms. The van der Waals surface area contributed by atoms with Gasteiger partial charge in [-0.05, 0) is 0 Å². The van der Waals surface area contributed by atoms with Gasteiger partial charge in [-0.1, -0.05) is 0 Å². The summed E-state index contributed by atoms with van der Waals surface area (Å²) in [5, 5.41) is 10.4. The van der Waals surface area contributed by atoms with Gasteiger partial charge in [0.05, 0.1) is 16.7 Å². The van der Waals surface area contributed by atoms with Crippen molar-refractivity contribution in [3.05, 3.63) is 33.4 Å². The molecule has 2 N–H and O–H groups in total. The average Bonchev–Trinajstić information content (AvgIpc) is 2.15. The molecule has 0 aliphatic carbocycles. The van der Waals surface area contributed by atoms with Crippen molar-refractivity contribution in [2.45, 2.75) is 13.0 Å². The molecule has 15 heavy (non-hydrogen) atoms. The zero-order valence-electron chi connectivity index (χ0n) is 7.28. The maximum absolute atomic E-state index is 12.9. The van der Waals surface area contributed by atoms with Crippen LogP contribution in [0.15, 0.2) is 6.20 Å². The molecule has 0 aromatic carbocycles. The lowest BCUT2D eigenvalue weighted by Crippen LogP contribution is -2.10. The maximum atomic E-state index is 12.9. The predicted molar refractivity (Wildman–Crippen MR) is 43.7 cm³/mol. The average molecular weight is 221 g/mol. The summed E-state index contributed by atoms with van der Waals surface area (Å²) in [6.45, 7) is -0.569. The van der Waals surface area contributed by atoms with Crippen LogP contribution in [0.3, 0.4) is 0 Å². The van der Waals surface area contributed by atoms with E-state index in [-0.39, 0.29) is 0 Å². The van der Waals surface area contributed by atoms with E-state index in [0.29, 0.717) is 6.20 Å². The smallest absolute Gasteiger partial charge is 0.312 e. The Morgan fingerprint density at radius 3 is 2.60 bits per heavy atom. The molecule has 0 saturated heterocycles. The molecule has 0 amide bonds. The SMILES string of the molecule is NCc1c(C(F)F)ncc(F)c1[N+](=O)[O-]. The third-order valence-corrected chi connectivity index (χ3v) is 1.73. The number of rotatable bonds is 3. The van der Waals surface area contributed by atoms with Crippen molar-refractivity contribution in [2.75, 3.05) is 0 Å². The highest BCUT2D eigenvalue weighted by molar-refractivity contribution is 5.43. The lowest BCUT2D eigenvalue weighted by molar-refractivity contribution is -0.388. The predicted octanol–water partition coefficient (Wildman–Crippen LogP) is 1.53. The van der Waals surface area contributed by atoms with Gasteiger partial charge in [-0.15, -0.1) is 0 Å². The Balaban J connectivity index is 3.47. The number of aromatic nitrogens is 1. The van der Waals surface area contributed by atoms with E-state index in [1.807, 2.05) is 0 Å². The van der Waals surface area contributed by atoms with Crippen molar-refractivity contribution in [3.8, 4) is 0 Å². The number of nitrogens with zero attached hydrogens (tertiary/aromatic N) is 2. The Kier molecular flexibility index (Phi) is 3.20. The monoisotopic (exact) mass is 221 g/mol. The quantitative estimate of drug-likeness (QED) is 0.619. The third-order valence-electron chi connectivity index (χ3n) is 1.73. The van der Waals surface area contributed by atoms with Crippen LogP contribution in [-0.2, 0) is 6.54 Å². The molecule has 5 nitrogen and oxygen atoms in total. The van der Waals surface area contributed by atoms with E-state index in [1.54, 1.807) is 0 Å². The van der Waals surface area contributed by atoms with Gasteiger partial charge in [-0.25, -0.2) is 8.78 Å². The van der Waals surface area contributed by atoms with E-state index in [1.165, 1.54) is 0 Å². The summed E-state index contributed by atoms with van der Waals surface area (Å²) < 4.78 is 37.6. The zero-order chi connectivity index (χ0) is 11.6. The first-order chi connectivity index (χ1) is 6.99. The van der Waals surface area contributed by atoms with Gasteiger partial charge in [0.15, 0.2) is 0 Å². The van der Waals surface area contributed by atoms with Crippen molar-refractivity contribution < 1.29 is 18.1 Å². The molecule has 82 valence electrons. The summed E-state index contributed by atoms with van der Waals surface area (Å²) in [5.74, 6) is -1.27. The second-order valence-corrected chi connectivity index (χ2v) is 2.58. The van der Waals surface area contributed by atoms with Crippen molar-refractivity contribution in [1.82, 2.24) is 4.98 Å². The summed E-state index contributed by atoms with van der Waals surface area (Å²) in [6, 6.07) is 0. The van der Waals surface area contributed by atoms with Gasteiger partial charge in [0.25, 0.3) is 6.43 Å². The molecular formula is C7H6F3N3O2. The topological polar surface area (TPSA) is 82.0 Å². The summed E-state index contributed by atoms with van der Waals surface area (Å²) in [5.41, 5.74) is 2.58. The van der Waals surface area contributed by atoms with Gasteiger partial charge in [-0.3, -0.25) is 15.1 Å². The second-order valence-electron chi connectivity index (χ2n) is 2.58. The number of nitro groups is 1. The van der Waals surface area contributed by atoms with Crippen LogP contribution in [0, 0.1) is 15.9 Å². The number of halogens is 3. The summed E-state index contributed by atoms with van der Waals surface area (Å²) in [7, 11) is 0. The van der Waals surface area contributed by atoms with E-state index >= 15 is 0 Å². The summed E-state index contributed by atoms with van der Waals surface area (Å²) >= 11 is 0. The molecule has 0 saturated carbocycles. The van der Waals surface area contributed by atoms with Crippen molar-refractivity contribution in [1.29, 1.82) is 0 Å². The first-order valence-electron chi connectivity index (χ1n) is 3.79. The second kappa shape index (κ2) is 4.22. The number of nitrogens with two attached hydrogens (primary N) is 1. The molecule has 0 fully saturated rings. The molecule has 0 atom stereocenters. The minimum Gasteiger partial charge on any atom is -0.326 e. The maximum Gasteiger partial charge on any atom is 0.312 e. The molecule has 8 heteroatoms. The van der Waals surface area contributed by atoms with Gasteiger partial charge < -0.3 is 5.73 Å².